The number of rotatable bonds is 8. The fraction of sp³-hybridized carbons (Fsp3) is 0.562. The van der Waals surface area contributed by atoms with E-state index >= 15 is 0 Å². The Bertz CT molecular complexity index is 351. The summed E-state index contributed by atoms with van der Waals surface area (Å²) < 4.78 is 5.22. The number of hydrogen-bond donors (Lipinski definition) is 1. The van der Waals surface area contributed by atoms with Gasteiger partial charge in [-0.1, -0.05) is 63.4 Å². The normalized spacial score (nSPS) is 11.9. The predicted molar refractivity (Wildman–Crippen MR) is 78.0 cm³/mol. The van der Waals surface area contributed by atoms with Crippen LogP contribution in [-0.4, -0.2) is 12.1 Å². The summed E-state index contributed by atoms with van der Waals surface area (Å²) in [5.74, 6) is 0. The molecule has 3 nitrogen and oxygen atoms in total. The van der Waals surface area contributed by atoms with Crippen molar-refractivity contribution in [2.45, 2.75) is 58.6 Å². The molecule has 0 unspecified atom stereocenters. The van der Waals surface area contributed by atoms with Crippen LogP contribution in [0.25, 0.3) is 0 Å². The first-order valence-electron chi connectivity index (χ1n) is 7.23. The molecule has 106 valence electrons. The topological polar surface area (TPSA) is 38.3 Å². The van der Waals surface area contributed by atoms with Crippen LogP contribution in [0.4, 0.5) is 4.79 Å². The second-order valence-corrected chi connectivity index (χ2v) is 4.81. The average Bonchev–Trinajstić information content (AvgIpc) is 2.45. The Kier molecular flexibility index (Phi) is 7.71. The van der Waals surface area contributed by atoms with Crippen molar-refractivity contribution in [3.8, 4) is 0 Å². The summed E-state index contributed by atoms with van der Waals surface area (Å²) in [6.07, 6.45) is 5.25. The van der Waals surface area contributed by atoms with Crippen LogP contribution >= 0.6 is 0 Å². The summed E-state index contributed by atoms with van der Waals surface area (Å²) in [6, 6.07) is 9.96. The van der Waals surface area contributed by atoms with Crippen molar-refractivity contribution in [2.75, 3.05) is 0 Å². The van der Waals surface area contributed by atoms with Gasteiger partial charge in [-0.2, -0.15) is 0 Å². The summed E-state index contributed by atoms with van der Waals surface area (Å²) in [5, 5.41) is 2.93. The number of alkyl carbamates (subject to hydrolysis) is 1. The smallest absolute Gasteiger partial charge is 0.407 e. The second-order valence-electron chi connectivity index (χ2n) is 4.81. The molecule has 0 aliphatic carbocycles. The summed E-state index contributed by atoms with van der Waals surface area (Å²) in [6.45, 7) is 4.61. The molecule has 0 radical (unpaired) electrons. The van der Waals surface area contributed by atoms with Gasteiger partial charge in [0.05, 0.1) is 0 Å². The fourth-order valence-electron chi connectivity index (χ4n) is 1.95. The van der Waals surface area contributed by atoms with Crippen LogP contribution in [0.15, 0.2) is 30.3 Å². The third kappa shape index (κ3) is 6.85. The lowest BCUT2D eigenvalue weighted by Crippen LogP contribution is -2.34. The maximum atomic E-state index is 11.7. The molecule has 0 spiro atoms. The highest BCUT2D eigenvalue weighted by atomic mass is 16.5. The molecule has 0 bridgehead atoms. The third-order valence-electron chi connectivity index (χ3n) is 3.18. The van der Waals surface area contributed by atoms with Crippen molar-refractivity contribution in [3.63, 3.8) is 0 Å². The van der Waals surface area contributed by atoms with E-state index < -0.39 is 0 Å². The number of unbranched alkanes of at least 4 members (excludes halogenated alkanes) is 2. The van der Waals surface area contributed by atoms with E-state index in [0.717, 1.165) is 24.8 Å². The van der Waals surface area contributed by atoms with Gasteiger partial charge >= 0.3 is 6.09 Å². The zero-order chi connectivity index (χ0) is 13.9. The number of carbonyl (C=O) groups excluding carboxylic acids is 1. The molecule has 19 heavy (non-hydrogen) atoms. The molecule has 1 aromatic rings. The van der Waals surface area contributed by atoms with Crippen LogP contribution in [-0.2, 0) is 11.3 Å². The molecule has 1 N–H and O–H groups in total. The standard InChI is InChI=1S/C16H25NO2/c1-3-5-7-12-15(4-2)17-16(18)19-13-14-10-8-6-9-11-14/h6,8-11,15H,3-5,7,12-13H2,1-2H3,(H,17,18)/t15-/m1/s1. The van der Waals surface area contributed by atoms with E-state index in [-0.39, 0.29) is 12.1 Å². The maximum Gasteiger partial charge on any atom is 0.407 e. The molecule has 0 heterocycles. The SMILES string of the molecule is CCCCC[C@@H](CC)NC(=O)OCc1ccccc1. The minimum Gasteiger partial charge on any atom is -0.445 e. The first-order valence-corrected chi connectivity index (χ1v) is 7.23. The largest absolute Gasteiger partial charge is 0.445 e. The molecule has 0 fully saturated rings. The number of amides is 1. The van der Waals surface area contributed by atoms with E-state index in [1.165, 1.54) is 12.8 Å². The van der Waals surface area contributed by atoms with Crippen molar-refractivity contribution in [1.82, 2.24) is 5.32 Å². The Morgan fingerprint density at radius 3 is 2.58 bits per heavy atom. The Morgan fingerprint density at radius 2 is 1.95 bits per heavy atom. The molecular formula is C16H25NO2. The highest BCUT2D eigenvalue weighted by Crippen LogP contribution is 2.07. The number of benzene rings is 1. The lowest BCUT2D eigenvalue weighted by Gasteiger charge is -2.16. The van der Waals surface area contributed by atoms with Crippen LogP contribution in [0, 0.1) is 0 Å². The summed E-state index contributed by atoms with van der Waals surface area (Å²) >= 11 is 0. The van der Waals surface area contributed by atoms with Gasteiger partial charge in [0.25, 0.3) is 0 Å². The zero-order valence-corrected chi connectivity index (χ0v) is 12.0. The molecular weight excluding hydrogens is 238 g/mol. The number of carbonyl (C=O) groups is 1. The zero-order valence-electron chi connectivity index (χ0n) is 12.0. The molecule has 0 saturated heterocycles. The number of nitrogens with one attached hydrogen (secondary N) is 1. The molecule has 0 aliphatic rings. The quantitative estimate of drug-likeness (QED) is 0.711. The van der Waals surface area contributed by atoms with Gasteiger partial charge in [0.2, 0.25) is 0 Å². The van der Waals surface area contributed by atoms with Crippen molar-refractivity contribution in [2.24, 2.45) is 0 Å². The Balaban J connectivity index is 2.25. The van der Waals surface area contributed by atoms with Gasteiger partial charge in [0, 0.05) is 6.04 Å². The van der Waals surface area contributed by atoms with Crippen LogP contribution in [0.1, 0.15) is 51.5 Å². The summed E-state index contributed by atoms with van der Waals surface area (Å²) in [4.78, 5) is 11.7. The lowest BCUT2D eigenvalue weighted by molar-refractivity contribution is 0.134. The summed E-state index contributed by atoms with van der Waals surface area (Å²) in [7, 11) is 0. The molecule has 3 heteroatoms. The Labute approximate surface area is 116 Å². The molecule has 0 aliphatic heterocycles. The Hall–Kier alpha value is -1.51. The van der Waals surface area contributed by atoms with Gasteiger partial charge in [-0.25, -0.2) is 4.79 Å². The van der Waals surface area contributed by atoms with Crippen molar-refractivity contribution < 1.29 is 9.53 Å². The fourth-order valence-corrected chi connectivity index (χ4v) is 1.95. The average molecular weight is 263 g/mol. The van der Waals surface area contributed by atoms with E-state index in [0.29, 0.717) is 6.61 Å². The van der Waals surface area contributed by atoms with Gasteiger partial charge < -0.3 is 10.1 Å². The monoisotopic (exact) mass is 263 g/mol. The van der Waals surface area contributed by atoms with E-state index in [2.05, 4.69) is 19.2 Å². The van der Waals surface area contributed by atoms with Crippen LogP contribution in [0.2, 0.25) is 0 Å². The molecule has 1 rings (SSSR count). The van der Waals surface area contributed by atoms with E-state index in [4.69, 9.17) is 4.74 Å². The minimum absolute atomic E-state index is 0.231. The van der Waals surface area contributed by atoms with Crippen LogP contribution < -0.4 is 5.32 Å². The van der Waals surface area contributed by atoms with Gasteiger partial charge in [-0.3, -0.25) is 0 Å². The molecule has 0 aromatic heterocycles. The highest BCUT2D eigenvalue weighted by molar-refractivity contribution is 5.67. The first kappa shape index (κ1) is 15.5. The number of hydrogen-bond acceptors (Lipinski definition) is 2. The van der Waals surface area contributed by atoms with E-state index in [9.17, 15) is 4.79 Å². The minimum atomic E-state index is -0.313. The number of ether oxygens (including phenoxy) is 1. The van der Waals surface area contributed by atoms with Crippen molar-refractivity contribution in [1.29, 1.82) is 0 Å². The van der Waals surface area contributed by atoms with Gasteiger partial charge in [0.1, 0.15) is 6.61 Å². The van der Waals surface area contributed by atoms with Crippen LogP contribution in [0.5, 0.6) is 0 Å². The first-order chi connectivity index (χ1) is 9.26. The lowest BCUT2D eigenvalue weighted by atomic mass is 10.1. The third-order valence-corrected chi connectivity index (χ3v) is 3.18. The van der Waals surface area contributed by atoms with E-state index in [1.54, 1.807) is 0 Å². The van der Waals surface area contributed by atoms with Gasteiger partial charge in [0.15, 0.2) is 0 Å². The van der Waals surface area contributed by atoms with E-state index in [1.807, 2.05) is 30.3 Å². The molecule has 1 atom stereocenters. The van der Waals surface area contributed by atoms with Crippen LogP contribution in [0.3, 0.4) is 0 Å². The second kappa shape index (κ2) is 9.42. The van der Waals surface area contributed by atoms with Crippen molar-refractivity contribution in [3.05, 3.63) is 35.9 Å². The van der Waals surface area contributed by atoms with Crippen molar-refractivity contribution >= 4 is 6.09 Å². The molecule has 1 aromatic carbocycles. The molecule has 1 amide bonds. The van der Waals surface area contributed by atoms with Gasteiger partial charge in [-0.05, 0) is 18.4 Å². The predicted octanol–water partition coefficient (Wildman–Crippen LogP) is 4.27. The summed E-state index contributed by atoms with van der Waals surface area (Å²) in [5.41, 5.74) is 1.01. The van der Waals surface area contributed by atoms with Gasteiger partial charge in [-0.15, -0.1) is 0 Å². The highest BCUT2D eigenvalue weighted by Gasteiger charge is 2.10. The maximum absolute atomic E-state index is 11.7. The molecule has 0 saturated carbocycles. The Morgan fingerprint density at radius 1 is 1.21 bits per heavy atom.